The molecule has 0 aromatic heterocycles. The predicted molar refractivity (Wildman–Crippen MR) is 99.4 cm³/mol. The number of carbonyl (C=O) groups is 2. The first-order valence-electron chi connectivity index (χ1n) is 8.31. The van der Waals surface area contributed by atoms with Gasteiger partial charge in [0.25, 0.3) is 0 Å². The van der Waals surface area contributed by atoms with E-state index in [1.165, 1.54) is 16.7 Å². The van der Waals surface area contributed by atoms with Crippen molar-refractivity contribution in [2.75, 3.05) is 13.2 Å². The van der Waals surface area contributed by atoms with Crippen LogP contribution in [0, 0.1) is 13.8 Å². The second kappa shape index (κ2) is 11.7. The zero-order valence-corrected chi connectivity index (χ0v) is 15.1. The monoisotopic (exact) mass is 359 g/mol. The molecule has 0 atom stereocenters. The Bertz CT molecular complexity index is 689. The van der Waals surface area contributed by atoms with Crippen LogP contribution in [0.2, 0.25) is 0 Å². The molecule has 26 heavy (non-hydrogen) atoms. The van der Waals surface area contributed by atoms with Crippen LogP contribution in [0.25, 0.3) is 0 Å². The highest BCUT2D eigenvalue weighted by Crippen LogP contribution is 2.19. The number of benzene rings is 2. The van der Waals surface area contributed by atoms with Crippen LogP contribution >= 0.6 is 0 Å². The Morgan fingerprint density at radius 3 is 2.27 bits per heavy atom. The van der Waals surface area contributed by atoms with Gasteiger partial charge < -0.3 is 20.3 Å². The standard InChI is InChI=1S/C18H23NO.C2H2O4/c1-15-9-10-16(2)18(13-15)20-12-6-11-19-14-17-7-4-3-5-8-17;3-1(4)2(5)6/h3-5,7-10,13,19H,6,11-12,14H2,1-2H3;(H,3,4)(H,5,6). The molecule has 0 aliphatic carbocycles. The van der Waals surface area contributed by atoms with E-state index < -0.39 is 11.9 Å². The molecule has 140 valence electrons. The number of carboxylic acid groups (broad SMARTS) is 2. The fourth-order valence-electron chi connectivity index (χ4n) is 2.07. The predicted octanol–water partition coefficient (Wildman–Crippen LogP) is 3.02. The van der Waals surface area contributed by atoms with Crippen molar-refractivity contribution in [1.82, 2.24) is 5.32 Å². The van der Waals surface area contributed by atoms with Gasteiger partial charge in [-0.05, 0) is 49.6 Å². The molecule has 0 spiro atoms. The van der Waals surface area contributed by atoms with Crippen molar-refractivity contribution >= 4 is 11.9 Å². The summed E-state index contributed by atoms with van der Waals surface area (Å²) in [7, 11) is 0. The van der Waals surface area contributed by atoms with E-state index in [0.717, 1.165) is 31.9 Å². The summed E-state index contributed by atoms with van der Waals surface area (Å²) in [5, 5.41) is 18.2. The van der Waals surface area contributed by atoms with Crippen molar-refractivity contribution in [3.8, 4) is 5.75 Å². The van der Waals surface area contributed by atoms with Crippen LogP contribution in [0.3, 0.4) is 0 Å². The second-order valence-corrected chi connectivity index (χ2v) is 5.74. The molecule has 2 aromatic carbocycles. The molecule has 0 heterocycles. The van der Waals surface area contributed by atoms with Gasteiger partial charge in [-0.1, -0.05) is 42.5 Å². The number of rotatable bonds is 7. The lowest BCUT2D eigenvalue weighted by Gasteiger charge is -2.10. The molecule has 0 aliphatic heterocycles. The molecular weight excluding hydrogens is 334 g/mol. The third-order valence-corrected chi connectivity index (χ3v) is 3.45. The molecule has 0 unspecified atom stereocenters. The molecule has 0 saturated heterocycles. The number of ether oxygens (including phenoxy) is 1. The van der Waals surface area contributed by atoms with Gasteiger partial charge in [-0.3, -0.25) is 0 Å². The molecular formula is C20H25NO5. The van der Waals surface area contributed by atoms with E-state index >= 15 is 0 Å². The lowest BCUT2D eigenvalue weighted by Crippen LogP contribution is -2.17. The fraction of sp³-hybridized carbons (Fsp3) is 0.300. The zero-order chi connectivity index (χ0) is 19.4. The van der Waals surface area contributed by atoms with Gasteiger partial charge in [0.05, 0.1) is 6.61 Å². The molecule has 0 bridgehead atoms. The van der Waals surface area contributed by atoms with Gasteiger partial charge in [-0.15, -0.1) is 0 Å². The summed E-state index contributed by atoms with van der Waals surface area (Å²) in [6.45, 7) is 6.83. The SMILES string of the molecule is Cc1ccc(C)c(OCCCNCc2ccccc2)c1.O=C(O)C(=O)O. The molecule has 0 radical (unpaired) electrons. The summed E-state index contributed by atoms with van der Waals surface area (Å²) in [5.41, 5.74) is 3.77. The van der Waals surface area contributed by atoms with Crippen LogP contribution in [-0.4, -0.2) is 35.3 Å². The third-order valence-electron chi connectivity index (χ3n) is 3.45. The van der Waals surface area contributed by atoms with Crippen molar-refractivity contribution < 1.29 is 24.5 Å². The molecule has 6 nitrogen and oxygen atoms in total. The van der Waals surface area contributed by atoms with E-state index in [0.29, 0.717) is 0 Å². The zero-order valence-electron chi connectivity index (χ0n) is 15.1. The Balaban J connectivity index is 0.000000487. The van der Waals surface area contributed by atoms with Crippen LogP contribution in [0.1, 0.15) is 23.1 Å². The lowest BCUT2D eigenvalue weighted by molar-refractivity contribution is -0.159. The van der Waals surface area contributed by atoms with E-state index in [-0.39, 0.29) is 0 Å². The maximum Gasteiger partial charge on any atom is 0.414 e. The number of carboxylic acids is 2. The highest BCUT2D eigenvalue weighted by atomic mass is 16.5. The van der Waals surface area contributed by atoms with E-state index in [1.807, 2.05) is 6.07 Å². The Hall–Kier alpha value is -2.86. The van der Waals surface area contributed by atoms with Gasteiger partial charge in [-0.2, -0.15) is 0 Å². The highest BCUT2D eigenvalue weighted by Gasteiger charge is 2.04. The second-order valence-electron chi connectivity index (χ2n) is 5.74. The largest absolute Gasteiger partial charge is 0.493 e. The van der Waals surface area contributed by atoms with Gasteiger partial charge >= 0.3 is 11.9 Å². The Morgan fingerprint density at radius 2 is 1.65 bits per heavy atom. The molecule has 3 N–H and O–H groups in total. The van der Waals surface area contributed by atoms with Crippen LogP contribution < -0.4 is 10.1 Å². The van der Waals surface area contributed by atoms with Gasteiger partial charge in [-0.25, -0.2) is 9.59 Å². The van der Waals surface area contributed by atoms with Crippen LogP contribution in [0.4, 0.5) is 0 Å². The first kappa shape index (κ1) is 21.2. The molecule has 0 aliphatic rings. The minimum Gasteiger partial charge on any atom is -0.493 e. The lowest BCUT2D eigenvalue weighted by atomic mass is 10.1. The summed E-state index contributed by atoms with van der Waals surface area (Å²) in [6, 6.07) is 16.8. The molecule has 0 fully saturated rings. The Morgan fingerprint density at radius 1 is 1.00 bits per heavy atom. The van der Waals surface area contributed by atoms with Crippen molar-refractivity contribution in [3.05, 3.63) is 65.2 Å². The van der Waals surface area contributed by atoms with Crippen molar-refractivity contribution in [1.29, 1.82) is 0 Å². The first-order chi connectivity index (χ1) is 12.4. The summed E-state index contributed by atoms with van der Waals surface area (Å²) < 4.78 is 5.83. The molecule has 2 aromatic rings. The fourth-order valence-corrected chi connectivity index (χ4v) is 2.07. The maximum absolute atomic E-state index is 9.10. The minimum atomic E-state index is -1.82. The molecule has 2 rings (SSSR count). The van der Waals surface area contributed by atoms with E-state index in [2.05, 4.69) is 61.6 Å². The first-order valence-corrected chi connectivity index (χ1v) is 8.31. The van der Waals surface area contributed by atoms with Crippen LogP contribution in [0.5, 0.6) is 5.75 Å². The topological polar surface area (TPSA) is 95.9 Å². The number of aryl methyl sites for hydroxylation is 2. The van der Waals surface area contributed by atoms with Crippen LogP contribution in [-0.2, 0) is 16.1 Å². The quantitative estimate of drug-likeness (QED) is 0.519. The van der Waals surface area contributed by atoms with Crippen molar-refractivity contribution in [2.24, 2.45) is 0 Å². The third kappa shape index (κ3) is 8.84. The molecule has 6 heteroatoms. The van der Waals surface area contributed by atoms with Crippen molar-refractivity contribution in [3.63, 3.8) is 0 Å². The Labute approximate surface area is 153 Å². The summed E-state index contributed by atoms with van der Waals surface area (Å²) >= 11 is 0. The van der Waals surface area contributed by atoms with E-state index in [1.54, 1.807) is 0 Å². The van der Waals surface area contributed by atoms with Gasteiger partial charge in [0.15, 0.2) is 0 Å². The van der Waals surface area contributed by atoms with E-state index in [9.17, 15) is 0 Å². The van der Waals surface area contributed by atoms with Gasteiger partial charge in [0.2, 0.25) is 0 Å². The summed E-state index contributed by atoms with van der Waals surface area (Å²) in [5.74, 6) is -2.64. The number of hydrogen-bond acceptors (Lipinski definition) is 4. The van der Waals surface area contributed by atoms with Crippen LogP contribution in [0.15, 0.2) is 48.5 Å². The van der Waals surface area contributed by atoms with Crippen molar-refractivity contribution in [2.45, 2.75) is 26.8 Å². The normalized spacial score (nSPS) is 9.77. The Kier molecular flexibility index (Phi) is 9.49. The average molecular weight is 359 g/mol. The van der Waals surface area contributed by atoms with Gasteiger partial charge in [0, 0.05) is 6.54 Å². The summed E-state index contributed by atoms with van der Waals surface area (Å²) in [6.07, 6.45) is 1.01. The average Bonchev–Trinajstić information content (AvgIpc) is 2.62. The minimum absolute atomic E-state index is 0.756. The maximum atomic E-state index is 9.10. The highest BCUT2D eigenvalue weighted by molar-refractivity contribution is 6.27. The number of hydrogen-bond donors (Lipinski definition) is 3. The van der Waals surface area contributed by atoms with Gasteiger partial charge in [0.1, 0.15) is 5.75 Å². The summed E-state index contributed by atoms with van der Waals surface area (Å²) in [4.78, 5) is 18.2. The number of aliphatic carboxylic acids is 2. The smallest absolute Gasteiger partial charge is 0.414 e. The molecule has 0 amide bonds. The number of nitrogens with one attached hydrogen (secondary N) is 1. The van der Waals surface area contributed by atoms with E-state index in [4.69, 9.17) is 24.5 Å². The molecule has 0 saturated carbocycles.